The van der Waals surface area contributed by atoms with Gasteiger partial charge >= 0.3 is 0 Å². The lowest BCUT2D eigenvalue weighted by Gasteiger charge is -2.17. The van der Waals surface area contributed by atoms with E-state index < -0.39 is 0 Å². The minimum atomic E-state index is -0.119. The van der Waals surface area contributed by atoms with Crippen LogP contribution in [0.1, 0.15) is 36.6 Å². The highest BCUT2D eigenvalue weighted by molar-refractivity contribution is 6.24. The molecule has 28 heavy (non-hydrogen) atoms. The molecule has 0 saturated heterocycles. The normalized spacial score (nSPS) is 12.3. The number of carbonyl (C=O) groups excluding carboxylic acids is 1. The second kappa shape index (κ2) is 9.56. The van der Waals surface area contributed by atoms with E-state index in [-0.39, 0.29) is 11.9 Å². The van der Waals surface area contributed by atoms with Gasteiger partial charge in [0.15, 0.2) is 0 Å². The van der Waals surface area contributed by atoms with Crippen molar-refractivity contribution in [2.24, 2.45) is 0 Å². The molecule has 1 atom stereocenters. The zero-order valence-corrected chi connectivity index (χ0v) is 16.3. The maximum absolute atomic E-state index is 13.1. The van der Waals surface area contributed by atoms with E-state index >= 15 is 0 Å². The van der Waals surface area contributed by atoms with Gasteiger partial charge in [0.2, 0.25) is 0 Å². The molecule has 0 aliphatic carbocycles. The summed E-state index contributed by atoms with van der Waals surface area (Å²) in [6.45, 7) is 4.58. The number of amides is 1. The van der Waals surface area contributed by atoms with Crippen LogP contribution in [0.5, 0.6) is 5.75 Å². The van der Waals surface area contributed by atoms with Crippen LogP contribution >= 0.6 is 0 Å². The minimum Gasteiger partial charge on any atom is -0.494 e. The van der Waals surface area contributed by atoms with E-state index in [2.05, 4.69) is 5.32 Å². The standard InChI is InChI=1S/C25H25NO2/c1-3-28-23-16-14-21(15-17-23)19(2)26-25(27)24(22-12-8-5-9-13-22)18-20-10-6-4-7-11-20/h4-19H,3H2,1-2H3,(H,26,27)/b24-18+/t19-/m1/s1. The van der Waals surface area contributed by atoms with Gasteiger partial charge in [-0.25, -0.2) is 0 Å². The predicted octanol–water partition coefficient (Wildman–Crippen LogP) is 5.50. The molecule has 0 heterocycles. The van der Waals surface area contributed by atoms with E-state index in [1.54, 1.807) is 0 Å². The van der Waals surface area contributed by atoms with Crippen molar-refractivity contribution in [3.05, 3.63) is 102 Å². The molecule has 1 amide bonds. The number of ether oxygens (including phenoxy) is 1. The number of hydrogen-bond acceptors (Lipinski definition) is 2. The van der Waals surface area contributed by atoms with Gasteiger partial charge in [0.25, 0.3) is 5.91 Å². The summed E-state index contributed by atoms with van der Waals surface area (Å²) in [5.74, 6) is 0.732. The third kappa shape index (κ3) is 5.10. The molecule has 142 valence electrons. The van der Waals surface area contributed by atoms with Gasteiger partial charge in [-0.3, -0.25) is 4.79 Å². The Kier molecular flexibility index (Phi) is 6.64. The SMILES string of the molecule is CCOc1ccc([C@@H](C)NC(=O)/C(=C/c2ccccc2)c2ccccc2)cc1. The lowest BCUT2D eigenvalue weighted by Crippen LogP contribution is -2.27. The minimum absolute atomic E-state index is 0.101. The maximum Gasteiger partial charge on any atom is 0.252 e. The molecule has 0 radical (unpaired) electrons. The first-order valence-corrected chi connectivity index (χ1v) is 9.53. The summed E-state index contributed by atoms with van der Waals surface area (Å²) in [6, 6.07) is 27.3. The van der Waals surface area contributed by atoms with Gasteiger partial charge < -0.3 is 10.1 Å². The largest absolute Gasteiger partial charge is 0.494 e. The van der Waals surface area contributed by atoms with Crippen LogP contribution in [0.25, 0.3) is 11.6 Å². The fraction of sp³-hybridized carbons (Fsp3) is 0.160. The van der Waals surface area contributed by atoms with Crippen LogP contribution in [0, 0.1) is 0 Å². The summed E-state index contributed by atoms with van der Waals surface area (Å²) >= 11 is 0. The molecule has 3 rings (SSSR count). The van der Waals surface area contributed by atoms with Crippen LogP contribution in [0.4, 0.5) is 0 Å². The summed E-state index contributed by atoms with van der Waals surface area (Å²) in [5, 5.41) is 3.12. The second-order valence-corrected chi connectivity index (χ2v) is 6.53. The quantitative estimate of drug-likeness (QED) is 0.440. The molecular formula is C25H25NO2. The Morgan fingerprint density at radius 3 is 2.14 bits per heavy atom. The van der Waals surface area contributed by atoms with E-state index in [0.29, 0.717) is 12.2 Å². The van der Waals surface area contributed by atoms with Gasteiger partial charge in [-0.15, -0.1) is 0 Å². The zero-order chi connectivity index (χ0) is 19.8. The molecular weight excluding hydrogens is 346 g/mol. The molecule has 0 spiro atoms. The van der Waals surface area contributed by atoms with Crippen molar-refractivity contribution in [2.45, 2.75) is 19.9 Å². The Balaban J connectivity index is 1.82. The van der Waals surface area contributed by atoms with Crippen LogP contribution in [0.2, 0.25) is 0 Å². The van der Waals surface area contributed by atoms with Crippen molar-refractivity contribution in [3.63, 3.8) is 0 Å². The molecule has 0 aliphatic heterocycles. The number of nitrogens with one attached hydrogen (secondary N) is 1. The Labute approximate surface area is 166 Å². The van der Waals surface area contributed by atoms with Gasteiger partial charge in [-0.1, -0.05) is 72.8 Å². The Morgan fingerprint density at radius 2 is 1.54 bits per heavy atom. The van der Waals surface area contributed by atoms with E-state index in [1.807, 2.05) is 105 Å². The van der Waals surface area contributed by atoms with E-state index in [1.165, 1.54) is 0 Å². The van der Waals surface area contributed by atoms with Crippen LogP contribution in [0.15, 0.2) is 84.9 Å². The average Bonchev–Trinajstić information content (AvgIpc) is 2.74. The van der Waals surface area contributed by atoms with E-state index in [4.69, 9.17) is 4.74 Å². The summed E-state index contributed by atoms with van der Waals surface area (Å²) in [4.78, 5) is 13.1. The summed E-state index contributed by atoms with van der Waals surface area (Å²) in [6.07, 6.45) is 1.93. The first-order valence-electron chi connectivity index (χ1n) is 9.53. The molecule has 3 nitrogen and oxygen atoms in total. The van der Waals surface area contributed by atoms with Crippen LogP contribution in [-0.2, 0) is 4.79 Å². The summed E-state index contributed by atoms with van der Waals surface area (Å²) < 4.78 is 5.49. The number of hydrogen-bond donors (Lipinski definition) is 1. The molecule has 1 N–H and O–H groups in total. The smallest absolute Gasteiger partial charge is 0.252 e. The highest BCUT2D eigenvalue weighted by atomic mass is 16.5. The third-order valence-electron chi connectivity index (χ3n) is 4.48. The van der Waals surface area contributed by atoms with Gasteiger partial charge in [0.05, 0.1) is 12.6 Å². The van der Waals surface area contributed by atoms with Gasteiger partial charge in [0.1, 0.15) is 5.75 Å². The highest BCUT2D eigenvalue weighted by Gasteiger charge is 2.16. The summed E-state index contributed by atoms with van der Waals surface area (Å²) in [7, 11) is 0. The van der Waals surface area contributed by atoms with Crippen LogP contribution in [0.3, 0.4) is 0 Å². The number of benzene rings is 3. The van der Waals surface area contributed by atoms with Crippen molar-refractivity contribution >= 4 is 17.6 Å². The van der Waals surface area contributed by atoms with Crippen LogP contribution < -0.4 is 10.1 Å². The van der Waals surface area contributed by atoms with Gasteiger partial charge in [0, 0.05) is 5.57 Å². The van der Waals surface area contributed by atoms with Crippen molar-refractivity contribution in [1.29, 1.82) is 0 Å². The predicted molar refractivity (Wildman–Crippen MR) is 115 cm³/mol. The van der Waals surface area contributed by atoms with Crippen molar-refractivity contribution in [2.75, 3.05) is 6.61 Å². The Hall–Kier alpha value is -3.33. The molecule has 0 bridgehead atoms. The summed E-state index contributed by atoms with van der Waals surface area (Å²) in [5.41, 5.74) is 3.56. The molecule has 3 aromatic carbocycles. The molecule has 0 saturated carbocycles. The first kappa shape index (κ1) is 19.4. The third-order valence-corrected chi connectivity index (χ3v) is 4.48. The van der Waals surface area contributed by atoms with E-state index in [9.17, 15) is 4.79 Å². The van der Waals surface area contributed by atoms with Crippen LogP contribution in [-0.4, -0.2) is 12.5 Å². The molecule has 3 heteroatoms. The second-order valence-electron chi connectivity index (χ2n) is 6.53. The average molecular weight is 371 g/mol. The zero-order valence-electron chi connectivity index (χ0n) is 16.3. The van der Waals surface area contributed by atoms with Gasteiger partial charge in [-0.05, 0) is 48.7 Å². The topological polar surface area (TPSA) is 38.3 Å². The van der Waals surface area contributed by atoms with E-state index in [0.717, 1.165) is 22.4 Å². The number of rotatable bonds is 7. The molecule has 0 aromatic heterocycles. The fourth-order valence-corrected chi connectivity index (χ4v) is 2.99. The fourth-order valence-electron chi connectivity index (χ4n) is 2.99. The highest BCUT2D eigenvalue weighted by Crippen LogP contribution is 2.22. The molecule has 0 aliphatic rings. The van der Waals surface area contributed by atoms with Crippen molar-refractivity contribution < 1.29 is 9.53 Å². The van der Waals surface area contributed by atoms with Gasteiger partial charge in [-0.2, -0.15) is 0 Å². The number of carbonyl (C=O) groups is 1. The molecule has 0 unspecified atom stereocenters. The Bertz CT molecular complexity index is 916. The lowest BCUT2D eigenvalue weighted by atomic mass is 10.0. The molecule has 3 aromatic rings. The van der Waals surface area contributed by atoms with Crippen molar-refractivity contribution in [1.82, 2.24) is 5.32 Å². The maximum atomic E-state index is 13.1. The first-order chi connectivity index (χ1) is 13.7. The van der Waals surface area contributed by atoms with Crippen molar-refractivity contribution in [3.8, 4) is 5.75 Å². The molecule has 0 fully saturated rings. The Morgan fingerprint density at radius 1 is 0.929 bits per heavy atom. The lowest BCUT2D eigenvalue weighted by molar-refractivity contribution is -0.116. The monoisotopic (exact) mass is 371 g/mol.